The molecule has 29 heavy (non-hydrogen) atoms. The molecule has 2 saturated heterocycles. The molecule has 0 saturated carbocycles. The number of carbonyl (C=O) groups is 1. The third kappa shape index (κ3) is 3.76. The number of cyclic esters (lactones) is 1. The van der Waals surface area contributed by atoms with Crippen LogP contribution in [0.4, 0.5) is 4.79 Å². The largest absolute Gasteiger partial charge is 0.447 e. The zero-order valence-electron chi connectivity index (χ0n) is 16.6. The summed E-state index contributed by atoms with van der Waals surface area (Å²) in [4.78, 5) is 14.3. The second-order valence-electron chi connectivity index (χ2n) is 7.62. The van der Waals surface area contributed by atoms with Gasteiger partial charge in [0, 0.05) is 19.1 Å². The molecule has 0 unspecified atom stereocenters. The van der Waals surface area contributed by atoms with E-state index in [1.807, 2.05) is 35.2 Å². The summed E-state index contributed by atoms with van der Waals surface area (Å²) < 4.78 is 37.8. The van der Waals surface area contributed by atoms with Crippen LogP contribution in [-0.4, -0.2) is 60.7 Å². The van der Waals surface area contributed by atoms with Crippen LogP contribution >= 0.6 is 0 Å². The lowest BCUT2D eigenvalue weighted by Gasteiger charge is -2.37. The molecule has 2 aliphatic rings. The smallest absolute Gasteiger partial charge is 0.410 e. The van der Waals surface area contributed by atoms with Crippen LogP contribution in [0.2, 0.25) is 0 Å². The summed E-state index contributed by atoms with van der Waals surface area (Å²) in [5.74, 6) is 0.302. The van der Waals surface area contributed by atoms with Gasteiger partial charge in [0.1, 0.15) is 17.2 Å². The predicted molar refractivity (Wildman–Crippen MR) is 105 cm³/mol. The number of rotatable bonds is 5. The summed E-state index contributed by atoms with van der Waals surface area (Å²) >= 11 is 0. The van der Waals surface area contributed by atoms with Crippen molar-refractivity contribution in [2.75, 3.05) is 19.7 Å². The van der Waals surface area contributed by atoms with E-state index in [-0.39, 0.29) is 23.1 Å². The number of sulfonamides is 1. The molecule has 2 fully saturated rings. The highest BCUT2D eigenvalue weighted by Crippen LogP contribution is 2.30. The van der Waals surface area contributed by atoms with Crippen LogP contribution in [-0.2, 0) is 21.2 Å². The first-order valence-corrected chi connectivity index (χ1v) is 11.2. The molecule has 9 heteroatoms. The molecule has 1 aromatic carbocycles. The molecule has 0 spiro atoms. The monoisotopic (exact) mass is 419 g/mol. The zero-order valence-corrected chi connectivity index (χ0v) is 17.4. The van der Waals surface area contributed by atoms with Crippen LogP contribution in [0.1, 0.15) is 29.9 Å². The summed E-state index contributed by atoms with van der Waals surface area (Å²) in [5, 5.41) is 3.76. The summed E-state index contributed by atoms with van der Waals surface area (Å²) in [6.07, 6.45) is 1.56. The molecule has 0 N–H and O–H groups in total. The molecule has 0 radical (unpaired) electrons. The Kier molecular flexibility index (Phi) is 5.35. The first-order chi connectivity index (χ1) is 13.9. The van der Waals surface area contributed by atoms with Crippen molar-refractivity contribution in [3.05, 3.63) is 47.3 Å². The molecule has 3 heterocycles. The van der Waals surface area contributed by atoms with E-state index >= 15 is 0 Å². The lowest BCUT2D eigenvalue weighted by molar-refractivity contribution is 0.125. The number of aryl methyl sites for hydroxylation is 2. The Bertz CT molecular complexity index is 961. The Morgan fingerprint density at radius 2 is 1.83 bits per heavy atom. The minimum atomic E-state index is -3.66. The lowest BCUT2D eigenvalue weighted by atomic mass is 10.00. The summed E-state index contributed by atoms with van der Waals surface area (Å²) in [5.41, 5.74) is 1.52. The van der Waals surface area contributed by atoms with Crippen molar-refractivity contribution in [2.45, 2.75) is 50.1 Å². The highest BCUT2D eigenvalue weighted by atomic mass is 32.2. The number of benzene rings is 1. The Morgan fingerprint density at radius 3 is 2.45 bits per heavy atom. The number of hydrogen-bond acceptors (Lipinski definition) is 6. The molecule has 2 aliphatic heterocycles. The van der Waals surface area contributed by atoms with Crippen molar-refractivity contribution in [2.24, 2.45) is 0 Å². The van der Waals surface area contributed by atoms with Gasteiger partial charge >= 0.3 is 6.09 Å². The average Bonchev–Trinajstić information content (AvgIpc) is 3.24. The molecule has 156 valence electrons. The third-order valence-electron chi connectivity index (χ3n) is 5.70. The molecule has 4 rings (SSSR count). The maximum absolute atomic E-state index is 13.0. The Balaban J connectivity index is 1.45. The van der Waals surface area contributed by atoms with Crippen LogP contribution in [0.3, 0.4) is 0 Å². The minimum absolute atomic E-state index is 0.0272. The number of ether oxygens (including phenoxy) is 1. The van der Waals surface area contributed by atoms with Crippen LogP contribution < -0.4 is 0 Å². The Labute approximate surface area is 170 Å². The van der Waals surface area contributed by atoms with Gasteiger partial charge in [-0.2, -0.15) is 4.31 Å². The molecular weight excluding hydrogens is 394 g/mol. The fraction of sp³-hybridized carbons (Fsp3) is 0.500. The van der Waals surface area contributed by atoms with Crippen molar-refractivity contribution >= 4 is 16.1 Å². The highest BCUT2D eigenvalue weighted by molar-refractivity contribution is 7.89. The SMILES string of the molecule is Cc1noc(C)c1S(=O)(=O)N1CCC(N2C(=O)OC[C@@H]2Cc2ccccc2)CC1. The zero-order chi connectivity index (χ0) is 20.6. The summed E-state index contributed by atoms with van der Waals surface area (Å²) in [7, 11) is -3.66. The average molecular weight is 420 g/mol. The van der Waals surface area contributed by atoms with Gasteiger partial charge in [0.05, 0.1) is 6.04 Å². The Hall–Kier alpha value is -2.39. The second-order valence-corrected chi connectivity index (χ2v) is 9.49. The number of hydrogen-bond donors (Lipinski definition) is 0. The number of nitrogens with zero attached hydrogens (tertiary/aromatic N) is 3. The van der Waals surface area contributed by atoms with E-state index in [1.165, 1.54) is 4.31 Å². The molecule has 8 nitrogen and oxygen atoms in total. The van der Waals surface area contributed by atoms with Gasteiger partial charge in [-0.1, -0.05) is 35.5 Å². The number of aromatic nitrogens is 1. The summed E-state index contributed by atoms with van der Waals surface area (Å²) in [6.45, 7) is 4.29. The van der Waals surface area contributed by atoms with E-state index < -0.39 is 10.0 Å². The van der Waals surface area contributed by atoms with Crippen molar-refractivity contribution in [3.63, 3.8) is 0 Å². The second kappa shape index (κ2) is 7.79. The van der Waals surface area contributed by atoms with Gasteiger partial charge in [-0.15, -0.1) is 0 Å². The molecule has 1 atom stereocenters. The first kappa shape index (κ1) is 19.9. The molecule has 1 aromatic heterocycles. The van der Waals surface area contributed by atoms with E-state index in [4.69, 9.17) is 9.26 Å². The Morgan fingerprint density at radius 1 is 1.14 bits per heavy atom. The molecular formula is C20H25N3O5S. The van der Waals surface area contributed by atoms with Crippen LogP contribution in [0.25, 0.3) is 0 Å². The van der Waals surface area contributed by atoms with Crippen LogP contribution in [0.15, 0.2) is 39.8 Å². The van der Waals surface area contributed by atoms with Crippen molar-refractivity contribution < 1.29 is 22.5 Å². The van der Waals surface area contributed by atoms with E-state index in [1.54, 1.807) is 13.8 Å². The maximum atomic E-state index is 13.0. The summed E-state index contributed by atoms with van der Waals surface area (Å²) in [6, 6.07) is 9.95. The fourth-order valence-electron chi connectivity index (χ4n) is 4.29. The van der Waals surface area contributed by atoms with Gasteiger partial charge in [-0.3, -0.25) is 4.90 Å². The molecule has 1 amide bonds. The minimum Gasteiger partial charge on any atom is -0.447 e. The van der Waals surface area contributed by atoms with E-state index in [9.17, 15) is 13.2 Å². The standard InChI is InChI=1S/C20H25N3O5S/c1-14-19(15(2)28-21-14)29(25,26)22-10-8-17(9-11-22)23-18(13-27-20(23)24)12-16-6-4-3-5-7-16/h3-7,17-18H,8-13H2,1-2H3/t18-/m0/s1. The predicted octanol–water partition coefficient (Wildman–Crippen LogP) is 2.51. The van der Waals surface area contributed by atoms with Crippen LogP contribution in [0, 0.1) is 13.8 Å². The molecule has 0 aliphatic carbocycles. The van der Waals surface area contributed by atoms with Gasteiger partial charge in [0.2, 0.25) is 10.0 Å². The van der Waals surface area contributed by atoms with Crippen LogP contribution in [0.5, 0.6) is 0 Å². The van der Waals surface area contributed by atoms with Gasteiger partial charge < -0.3 is 9.26 Å². The number of amides is 1. The third-order valence-corrected chi connectivity index (χ3v) is 7.84. The van der Waals surface area contributed by atoms with Gasteiger partial charge in [-0.05, 0) is 38.7 Å². The lowest BCUT2D eigenvalue weighted by Crippen LogP contribution is -2.50. The quantitative estimate of drug-likeness (QED) is 0.739. The number of carbonyl (C=O) groups excluding carboxylic acids is 1. The fourth-order valence-corrected chi connectivity index (χ4v) is 6.06. The topological polar surface area (TPSA) is 93.0 Å². The van der Waals surface area contributed by atoms with Crippen molar-refractivity contribution in [1.29, 1.82) is 0 Å². The maximum Gasteiger partial charge on any atom is 0.410 e. The molecule has 2 aromatic rings. The van der Waals surface area contributed by atoms with Gasteiger partial charge in [0.25, 0.3) is 0 Å². The van der Waals surface area contributed by atoms with E-state index in [0.29, 0.717) is 44.0 Å². The van der Waals surface area contributed by atoms with Gasteiger partial charge in [-0.25, -0.2) is 13.2 Å². The van der Waals surface area contributed by atoms with E-state index in [0.717, 1.165) is 12.0 Å². The van der Waals surface area contributed by atoms with Crippen molar-refractivity contribution in [1.82, 2.24) is 14.4 Å². The first-order valence-electron chi connectivity index (χ1n) is 9.80. The highest BCUT2D eigenvalue weighted by Gasteiger charge is 2.41. The van der Waals surface area contributed by atoms with Gasteiger partial charge in [0.15, 0.2) is 5.76 Å². The number of piperidine rings is 1. The van der Waals surface area contributed by atoms with E-state index in [2.05, 4.69) is 5.16 Å². The molecule has 0 bridgehead atoms. The normalized spacial score (nSPS) is 21.5. The van der Waals surface area contributed by atoms with Crippen molar-refractivity contribution in [3.8, 4) is 0 Å².